The van der Waals surface area contributed by atoms with E-state index in [4.69, 9.17) is 0 Å². The molecular formula is C16H21BrN2O2. The molecule has 1 aromatic rings. The SMILES string of the molecule is CCCC(=O)NC1CCN(C(=O)c2ccc(Br)cc2)CC1. The van der Waals surface area contributed by atoms with Gasteiger partial charge in [0.1, 0.15) is 0 Å². The summed E-state index contributed by atoms with van der Waals surface area (Å²) in [4.78, 5) is 25.8. The predicted octanol–water partition coefficient (Wildman–Crippen LogP) is 2.97. The summed E-state index contributed by atoms with van der Waals surface area (Å²) in [6.07, 6.45) is 3.11. The van der Waals surface area contributed by atoms with Crippen molar-refractivity contribution in [1.82, 2.24) is 10.2 Å². The van der Waals surface area contributed by atoms with E-state index in [0.717, 1.165) is 23.7 Å². The fourth-order valence-corrected chi connectivity index (χ4v) is 2.79. The molecule has 0 aliphatic carbocycles. The molecule has 2 rings (SSSR count). The molecule has 21 heavy (non-hydrogen) atoms. The lowest BCUT2D eigenvalue weighted by atomic mass is 10.0. The number of nitrogens with one attached hydrogen (secondary N) is 1. The first-order valence-corrected chi connectivity index (χ1v) is 8.23. The van der Waals surface area contributed by atoms with Gasteiger partial charge >= 0.3 is 0 Å². The normalized spacial score (nSPS) is 15.8. The maximum atomic E-state index is 12.4. The van der Waals surface area contributed by atoms with Gasteiger partial charge in [-0.15, -0.1) is 0 Å². The summed E-state index contributed by atoms with van der Waals surface area (Å²) in [5.74, 6) is 0.191. The standard InChI is InChI=1S/C16H21BrN2O2/c1-2-3-15(20)18-14-8-10-19(11-9-14)16(21)12-4-6-13(17)7-5-12/h4-7,14H,2-3,8-11H2,1H3,(H,18,20). The maximum Gasteiger partial charge on any atom is 0.253 e. The Bertz CT molecular complexity index is 494. The minimum atomic E-state index is 0.0702. The average Bonchev–Trinajstić information content (AvgIpc) is 2.48. The molecule has 0 aromatic heterocycles. The van der Waals surface area contributed by atoms with E-state index in [0.29, 0.717) is 25.1 Å². The Hall–Kier alpha value is -1.36. The average molecular weight is 353 g/mol. The summed E-state index contributed by atoms with van der Waals surface area (Å²) in [6, 6.07) is 7.64. The van der Waals surface area contributed by atoms with Crippen molar-refractivity contribution in [3.63, 3.8) is 0 Å². The van der Waals surface area contributed by atoms with Crippen LogP contribution in [0.4, 0.5) is 0 Å². The van der Waals surface area contributed by atoms with Gasteiger partial charge in [0.25, 0.3) is 5.91 Å². The Morgan fingerprint density at radius 3 is 2.43 bits per heavy atom. The zero-order valence-electron chi connectivity index (χ0n) is 12.3. The van der Waals surface area contributed by atoms with E-state index >= 15 is 0 Å². The van der Waals surface area contributed by atoms with E-state index in [1.807, 2.05) is 36.1 Å². The molecule has 0 atom stereocenters. The van der Waals surface area contributed by atoms with Crippen LogP contribution in [0.5, 0.6) is 0 Å². The molecule has 0 unspecified atom stereocenters. The van der Waals surface area contributed by atoms with Gasteiger partial charge in [-0.25, -0.2) is 0 Å². The number of likely N-dealkylation sites (tertiary alicyclic amines) is 1. The van der Waals surface area contributed by atoms with E-state index in [2.05, 4.69) is 21.2 Å². The van der Waals surface area contributed by atoms with Gasteiger partial charge in [0.05, 0.1) is 0 Å². The molecule has 4 nitrogen and oxygen atoms in total. The Kier molecular flexibility index (Phi) is 5.79. The summed E-state index contributed by atoms with van der Waals surface area (Å²) >= 11 is 3.37. The molecule has 1 N–H and O–H groups in total. The Morgan fingerprint density at radius 1 is 1.24 bits per heavy atom. The van der Waals surface area contributed by atoms with Crippen molar-refractivity contribution in [2.75, 3.05) is 13.1 Å². The first-order valence-electron chi connectivity index (χ1n) is 7.44. The summed E-state index contributed by atoms with van der Waals surface area (Å²) in [5, 5.41) is 3.04. The van der Waals surface area contributed by atoms with Crippen molar-refractivity contribution >= 4 is 27.7 Å². The molecule has 0 spiro atoms. The molecule has 1 aliphatic rings. The molecule has 0 bridgehead atoms. The second-order valence-electron chi connectivity index (χ2n) is 5.39. The summed E-state index contributed by atoms with van der Waals surface area (Å²) < 4.78 is 0.969. The van der Waals surface area contributed by atoms with Crippen LogP contribution in [-0.2, 0) is 4.79 Å². The van der Waals surface area contributed by atoms with Crippen molar-refractivity contribution in [2.24, 2.45) is 0 Å². The number of carbonyl (C=O) groups is 2. The van der Waals surface area contributed by atoms with Crippen molar-refractivity contribution < 1.29 is 9.59 Å². The van der Waals surface area contributed by atoms with E-state index in [1.54, 1.807) is 0 Å². The highest BCUT2D eigenvalue weighted by Gasteiger charge is 2.24. The van der Waals surface area contributed by atoms with Crippen LogP contribution in [-0.4, -0.2) is 35.8 Å². The van der Waals surface area contributed by atoms with Crippen LogP contribution in [0, 0.1) is 0 Å². The van der Waals surface area contributed by atoms with Crippen molar-refractivity contribution in [1.29, 1.82) is 0 Å². The molecule has 114 valence electrons. The number of nitrogens with zero attached hydrogens (tertiary/aromatic N) is 1. The van der Waals surface area contributed by atoms with Gasteiger partial charge in [0.2, 0.25) is 5.91 Å². The van der Waals surface area contributed by atoms with Gasteiger partial charge in [-0.3, -0.25) is 9.59 Å². The number of rotatable bonds is 4. The highest BCUT2D eigenvalue weighted by molar-refractivity contribution is 9.10. The predicted molar refractivity (Wildman–Crippen MR) is 86.1 cm³/mol. The number of piperidine rings is 1. The minimum Gasteiger partial charge on any atom is -0.353 e. The van der Waals surface area contributed by atoms with Crippen molar-refractivity contribution in [3.05, 3.63) is 34.3 Å². The molecule has 0 saturated carbocycles. The minimum absolute atomic E-state index is 0.0702. The molecule has 1 saturated heterocycles. The van der Waals surface area contributed by atoms with Gasteiger partial charge in [-0.2, -0.15) is 0 Å². The first kappa shape index (κ1) is 16.0. The second-order valence-corrected chi connectivity index (χ2v) is 6.31. The van der Waals surface area contributed by atoms with E-state index in [-0.39, 0.29) is 17.9 Å². The molecule has 0 radical (unpaired) electrons. The number of amides is 2. The topological polar surface area (TPSA) is 49.4 Å². The lowest BCUT2D eigenvalue weighted by molar-refractivity contribution is -0.122. The molecular weight excluding hydrogens is 332 g/mol. The van der Waals surface area contributed by atoms with Crippen LogP contribution < -0.4 is 5.32 Å². The lowest BCUT2D eigenvalue weighted by Gasteiger charge is -2.32. The monoisotopic (exact) mass is 352 g/mol. The third-order valence-electron chi connectivity index (χ3n) is 3.72. The quantitative estimate of drug-likeness (QED) is 0.905. The zero-order chi connectivity index (χ0) is 15.2. The molecule has 1 heterocycles. The van der Waals surface area contributed by atoms with Crippen LogP contribution in [0.3, 0.4) is 0 Å². The van der Waals surface area contributed by atoms with Crippen LogP contribution in [0.1, 0.15) is 43.0 Å². The second kappa shape index (κ2) is 7.59. The van der Waals surface area contributed by atoms with Crippen LogP contribution in [0.2, 0.25) is 0 Å². The molecule has 1 aromatic carbocycles. The molecule has 5 heteroatoms. The highest BCUT2D eigenvalue weighted by Crippen LogP contribution is 2.16. The van der Waals surface area contributed by atoms with Crippen molar-refractivity contribution in [3.8, 4) is 0 Å². The summed E-state index contributed by atoms with van der Waals surface area (Å²) in [7, 11) is 0. The van der Waals surface area contributed by atoms with E-state index in [9.17, 15) is 9.59 Å². The molecule has 1 aliphatic heterocycles. The summed E-state index contributed by atoms with van der Waals surface area (Å²) in [6.45, 7) is 3.40. The van der Waals surface area contributed by atoms with E-state index < -0.39 is 0 Å². The number of carbonyl (C=O) groups excluding carboxylic acids is 2. The Balaban J connectivity index is 1.84. The van der Waals surface area contributed by atoms with Gasteiger partial charge in [-0.1, -0.05) is 22.9 Å². The van der Waals surface area contributed by atoms with Crippen LogP contribution >= 0.6 is 15.9 Å². The Labute approximate surface area is 134 Å². The zero-order valence-corrected chi connectivity index (χ0v) is 13.9. The number of halogens is 1. The fourth-order valence-electron chi connectivity index (χ4n) is 2.53. The molecule has 1 fully saturated rings. The van der Waals surface area contributed by atoms with E-state index in [1.165, 1.54) is 0 Å². The van der Waals surface area contributed by atoms with Gasteiger partial charge < -0.3 is 10.2 Å². The third kappa shape index (κ3) is 4.56. The number of hydrogen-bond acceptors (Lipinski definition) is 2. The molecule has 2 amide bonds. The smallest absolute Gasteiger partial charge is 0.253 e. The van der Waals surface area contributed by atoms with Crippen LogP contribution in [0.25, 0.3) is 0 Å². The fraction of sp³-hybridized carbons (Fsp3) is 0.500. The first-order chi connectivity index (χ1) is 10.1. The largest absolute Gasteiger partial charge is 0.353 e. The Morgan fingerprint density at radius 2 is 1.86 bits per heavy atom. The van der Waals surface area contributed by atoms with Crippen molar-refractivity contribution in [2.45, 2.75) is 38.6 Å². The third-order valence-corrected chi connectivity index (χ3v) is 4.24. The highest BCUT2D eigenvalue weighted by atomic mass is 79.9. The number of benzene rings is 1. The number of hydrogen-bond donors (Lipinski definition) is 1. The van der Waals surface area contributed by atoms with Gasteiger partial charge in [-0.05, 0) is 43.5 Å². The van der Waals surface area contributed by atoms with Gasteiger partial charge in [0, 0.05) is 35.6 Å². The maximum absolute atomic E-state index is 12.4. The lowest BCUT2D eigenvalue weighted by Crippen LogP contribution is -2.46. The van der Waals surface area contributed by atoms with Crippen LogP contribution in [0.15, 0.2) is 28.7 Å². The summed E-state index contributed by atoms with van der Waals surface area (Å²) in [5.41, 5.74) is 0.715. The van der Waals surface area contributed by atoms with Gasteiger partial charge in [0.15, 0.2) is 0 Å².